The summed E-state index contributed by atoms with van der Waals surface area (Å²) in [6, 6.07) is 18.4. The van der Waals surface area contributed by atoms with Crippen LogP contribution in [0.15, 0.2) is 60.3 Å². The van der Waals surface area contributed by atoms with Crippen molar-refractivity contribution in [3.05, 3.63) is 70.9 Å². The quantitative estimate of drug-likeness (QED) is 0.554. The zero-order valence-corrected chi connectivity index (χ0v) is 14.4. The number of nitrogens with one attached hydrogen (secondary N) is 1. The fourth-order valence-electron chi connectivity index (χ4n) is 2.65. The second kappa shape index (κ2) is 7.57. The number of para-hydroxylation sites is 2. The van der Waals surface area contributed by atoms with Gasteiger partial charge in [-0.1, -0.05) is 41.9 Å². The molecule has 0 radical (unpaired) electrons. The van der Waals surface area contributed by atoms with E-state index in [0.717, 1.165) is 10.9 Å². The summed E-state index contributed by atoms with van der Waals surface area (Å²) >= 11 is 6.04. The molecule has 1 N–H and O–H groups in total. The number of hydrogen-bond acceptors (Lipinski definition) is 3. The van der Waals surface area contributed by atoms with Crippen LogP contribution in [-0.4, -0.2) is 10.5 Å². The van der Waals surface area contributed by atoms with Crippen molar-refractivity contribution >= 4 is 40.2 Å². The predicted molar refractivity (Wildman–Crippen MR) is 101 cm³/mol. The Balaban J connectivity index is 1.98. The van der Waals surface area contributed by atoms with Crippen LogP contribution in [0.3, 0.4) is 0 Å². The molecule has 3 rings (SSSR count). The van der Waals surface area contributed by atoms with Crippen molar-refractivity contribution in [2.45, 2.75) is 6.54 Å². The van der Waals surface area contributed by atoms with Crippen LogP contribution in [0.4, 0.5) is 5.69 Å². The molecule has 0 saturated heterocycles. The van der Waals surface area contributed by atoms with Crippen molar-refractivity contribution in [1.82, 2.24) is 4.57 Å². The van der Waals surface area contributed by atoms with Crippen molar-refractivity contribution in [1.29, 1.82) is 10.5 Å². The Morgan fingerprint density at radius 3 is 2.62 bits per heavy atom. The maximum atomic E-state index is 12.4. The Morgan fingerprint density at radius 1 is 1.15 bits per heavy atom. The molecule has 0 aliphatic rings. The minimum absolute atomic E-state index is 0.0511. The summed E-state index contributed by atoms with van der Waals surface area (Å²) in [5.74, 6) is -0.544. The van der Waals surface area contributed by atoms with Gasteiger partial charge < -0.3 is 9.88 Å². The summed E-state index contributed by atoms with van der Waals surface area (Å²) in [7, 11) is 0. The lowest BCUT2D eigenvalue weighted by atomic mass is 10.1. The number of amides is 1. The van der Waals surface area contributed by atoms with Gasteiger partial charge in [0.15, 0.2) is 0 Å². The van der Waals surface area contributed by atoms with Crippen LogP contribution in [0, 0.1) is 22.7 Å². The molecule has 1 heterocycles. The SMILES string of the molecule is N#CCn1cc(C=C(C#N)C(=O)Nc2ccccc2Cl)c2ccccc21. The zero-order valence-electron chi connectivity index (χ0n) is 13.6. The van der Waals surface area contributed by atoms with E-state index in [1.807, 2.05) is 30.3 Å². The minimum atomic E-state index is -0.544. The lowest BCUT2D eigenvalue weighted by Gasteiger charge is -2.05. The summed E-state index contributed by atoms with van der Waals surface area (Å²) in [6.45, 7) is 0.183. The molecule has 0 aliphatic heterocycles. The molecule has 6 heteroatoms. The van der Waals surface area contributed by atoms with Crippen LogP contribution in [0.25, 0.3) is 17.0 Å². The van der Waals surface area contributed by atoms with E-state index in [9.17, 15) is 10.1 Å². The number of rotatable bonds is 4. The lowest BCUT2D eigenvalue weighted by molar-refractivity contribution is -0.112. The van der Waals surface area contributed by atoms with Crippen molar-refractivity contribution < 1.29 is 4.79 Å². The fraction of sp³-hybridized carbons (Fsp3) is 0.0500. The van der Waals surface area contributed by atoms with Crippen LogP contribution in [0.1, 0.15) is 5.56 Å². The summed E-state index contributed by atoms with van der Waals surface area (Å²) in [5.41, 5.74) is 1.95. The van der Waals surface area contributed by atoms with E-state index in [2.05, 4.69) is 11.4 Å². The second-order valence-electron chi connectivity index (χ2n) is 5.49. The van der Waals surface area contributed by atoms with Gasteiger partial charge in [-0.25, -0.2) is 0 Å². The number of hydrogen-bond donors (Lipinski definition) is 1. The fourth-order valence-corrected chi connectivity index (χ4v) is 2.84. The maximum absolute atomic E-state index is 12.4. The summed E-state index contributed by atoms with van der Waals surface area (Å²) in [6.07, 6.45) is 3.27. The van der Waals surface area contributed by atoms with Gasteiger partial charge in [0.2, 0.25) is 0 Å². The molecule has 0 bridgehead atoms. The lowest BCUT2D eigenvalue weighted by Crippen LogP contribution is -2.13. The van der Waals surface area contributed by atoms with E-state index in [1.54, 1.807) is 35.0 Å². The first-order valence-electron chi connectivity index (χ1n) is 7.76. The molecule has 0 atom stereocenters. The summed E-state index contributed by atoms with van der Waals surface area (Å²) in [4.78, 5) is 12.4. The molecule has 5 nitrogen and oxygen atoms in total. The monoisotopic (exact) mass is 360 g/mol. The largest absolute Gasteiger partial charge is 0.333 e. The molecule has 126 valence electrons. The van der Waals surface area contributed by atoms with Gasteiger partial charge >= 0.3 is 0 Å². The molecule has 26 heavy (non-hydrogen) atoms. The highest BCUT2D eigenvalue weighted by Crippen LogP contribution is 2.25. The molecule has 0 fully saturated rings. The first kappa shape index (κ1) is 17.3. The number of halogens is 1. The molecule has 2 aromatic carbocycles. The van der Waals surface area contributed by atoms with E-state index in [4.69, 9.17) is 16.9 Å². The average molecular weight is 361 g/mol. The van der Waals surface area contributed by atoms with Crippen molar-refractivity contribution in [2.24, 2.45) is 0 Å². The van der Waals surface area contributed by atoms with E-state index >= 15 is 0 Å². The number of anilines is 1. The third-order valence-corrected chi connectivity index (χ3v) is 4.18. The van der Waals surface area contributed by atoms with Crippen molar-refractivity contribution in [3.8, 4) is 12.1 Å². The van der Waals surface area contributed by atoms with Gasteiger partial charge in [0, 0.05) is 22.7 Å². The predicted octanol–water partition coefficient (Wildman–Crippen LogP) is 4.36. The van der Waals surface area contributed by atoms with E-state index in [-0.39, 0.29) is 12.1 Å². The highest BCUT2D eigenvalue weighted by molar-refractivity contribution is 6.34. The van der Waals surface area contributed by atoms with Gasteiger partial charge in [-0.2, -0.15) is 10.5 Å². The average Bonchev–Trinajstić information content (AvgIpc) is 2.99. The van der Waals surface area contributed by atoms with Gasteiger partial charge in [0.25, 0.3) is 5.91 Å². The van der Waals surface area contributed by atoms with Crippen LogP contribution in [-0.2, 0) is 11.3 Å². The van der Waals surface area contributed by atoms with Gasteiger partial charge in [-0.3, -0.25) is 4.79 Å². The summed E-state index contributed by atoms with van der Waals surface area (Å²) < 4.78 is 1.78. The van der Waals surface area contributed by atoms with Gasteiger partial charge in [0.1, 0.15) is 18.2 Å². The number of benzene rings is 2. The van der Waals surface area contributed by atoms with Crippen molar-refractivity contribution in [3.63, 3.8) is 0 Å². The van der Waals surface area contributed by atoms with E-state index < -0.39 is 5.91 Å². The highest BCUT2D eigenvalue weighted by atomic mass is 35.5. The molecular formula is C20H13ClN4O. The molecule has 0 aliphatic carbocycles. The first-order chi connectivity index (χ1) is 12.6. The Kier molecular flexibility index (Phi) is 5.03. The van der Waals surface area contributed by atoms with E-state index in [1.165, 1.54) is 6.08 Å². The third-order valence-electron chi connectivity index (χ3n) is 3.85. The normalized spacial score (nSPS) is 11.0. The van der Waals surface area contributed by atoms with Gasteiger partial charge in [-0.05, 0) is 24.3 Å². The topological polar surface area (TPSA) is 81.6 Å². The maximum Gasteiger partial charge on any atom is 0.266 e. The number of nitriles is 2. The first-order valence-corrected chi connectivity index (χ1v) is 8.14. The molecule has 0 saturated carbocycles. The standard InChI is InChI=1S/C20H13ClN4O/c21-17-6-2-3-7-18(17)24-20(26)14(12-23)11-15-13-25(10-9-22)19-8-4-1-5-16(15)19/h1-8,11,13H,10H2,(H,24,26). The smallest absolute Gasteiger partial charge is 0.266 e. The Hall–Kier alpha value is -3.54. The Bertz CT molecular complexity index is 1100. The highest BCUT2D eigenvalue weighted by Gasteiger charge is 2.13. The Labute approximate surface area is 155 Å². The number of carbonyl (C=O) groups excluding carboxylic acids is 1. The molecule has 0 spiro atoms. The zero-order chi connectivity index (χ0) is 18.5. The number of aromatic nitrogens is 1. The van der Waals surface area contributed by atoms with Crippen LogP contribution >= 0.6 is 11.6 Å². The molecule has 3 aromatic rings. The Morgan fingerprint density at radius 2 is 1.88 bits per heavy atom. The van der Waals surface area contributed by atoms with Crippen LogP contribution in [0.2, 0.25) is 5.02 Å². The number of carbonyl (C=O) groups is 1. The second-order valence-corrected chi connectivity index (χ2v) is 5.90. The molecule has 1 aromatic heterocycles. The molecule has 1 amide bonds. The number of fused-ring (bicyclic) bond motifs is 1. The van der Waals surface area contributed by atoms with E-state index in [0.29, 0.717) is 16.3 Å². The minimum Gasteiger partial charge on any atom is -0.333 e. The molecule has 0 unspecified atom stereocenters. The van der Waals surface area contributed by atoms with Crippen LogP contribution < -0.4 is 5.32 Å². The van der Waals surface area contributed by atoms with Crippen molar-refractivity contribution in [2.75, 3.05) is 5.32 Å². The van der Waals surface area contributed by atoms with Crippen LogP contribution in [0.5, 0.6) is 0 Å². The van der Waals surface area contributed by atoms with Gasteiger partial charge in [0.05, 0.1) is 16.8 Å². The number of nitrogens with zero attached hydrogens (tertiary/aromatic N) is 3. The third kappa shape index (κ3) is 3.44. The van der Waals surface area contributed by atoms with Gasteiger partial charge in [-0.15, -0.1) is 0 Å². The molecular weight excluding hydrogens is 348 g/mol. The summed E-state index contributed by atoms with van der Waals surface area (Å²) in [5, 5.41) is 22.3.